The number of benzene rings is 1. The largest absolute Gasteiger partial charge is 0.403 e. The van der Waals surface area contributed by atoms with E-state index in [1.165, 1.54) is 0 Å². The summed E-state index contributed by atoms with van der Waals surface area (Å²) in [6.07, 6.45) is 0. The van der Waals surface area contributed by atoms with Crippen LogP contribution in [0.1, 0.15) is 20.9 Å². The molecule has 1 amide bonds. The molecule has 2 heterocycles. The first-order valence-electron chi connectivity index (χ1n) is 6.14. The van der Waals surface area contributed by atoms with E-state index in [0.717, 1.165) is 22.7 Å². The molecule has 1 N–H and O–H groups in total. The zero-order valence-electron chi connectivity index (χ0n) is 11.3. The number of nitrogens with one attached hydrogen (secondary N) is 1. The summed E-state index contributed by atoms with van der Waals surface area (Å²) in [5.74, 6) is -0.00828. The van der Waals surface area contributed by atoms with Gasteiger partial charge in [0.05, 0.1) is 5.69 Å². The van der Waals surface area contributed by atoms with Crippen LogP contribution in [-0.4, -0.2) is 25.7 Å². The van der Waals surface area contributed by atoms with Crippen LogP contribution in [-0.2, 0) is 0 Å². The molecule has 7 nitrogen and oxygen atoms in total. The lowest BCUT2D eigenvalue weighted by molar-refractivity contribution is 0.102. The zero-order valence-corrected chi connectivity index (χ0v) is 12.1. The van der Waals surface area contributed by atoms with Gasteiger partial charge in [-0.1, -0.05) is 27.3 Å². The topological polar surface area (TPSA) is 93.8 Å². The van der Waals surface area contributed by atoms with Gasteiger partial charge < -0.3 is 4.42 Å². The molecule has 0 aliphatic rings. The third-order valence-electron chi connectivity index (χ3n) is 2.80. The fraction of sp³-hybridized carbons (Fsp3) is 0.154. The lowest BCUT2D eigenvalue weighted by atomic mass is 10.1. The highest BCUT2D eigenvalue weighted by atomic mass is 32.1. The molecule has 3 rings (SSSR count). The molecule has 0 bridgehead atoms. The molecule has 0 radical (unpaired) electrons. The second kappa shape index (κ2) is 5.41. The number of aromatic nitrogens is 4. The fourth-order valence-corrected chi connectivity index (χ4v) is 2.23. The van der Waals surface area contributed by atoms with E-state index in [0.29, 0.717) is 16.5 Å². The molecule has 0 fully saturated rings. The summed E-state index contributed by atoms with van der Waals surface area (Å²) < 4.78 is 9.14. The smallest absolute Gasteiger partial charge is 0.322 e. The molecule has 1 aromatic carbocycles. The standard InChI is InChI=1S/C13H11N5O2S/c1-7-3-5-9(6-4-7)12-16-17-13(20-12)14-11(19)10-8(2)15-18-21-10/h3-6H,1-2H3,(H,14,17,19). The predicted molar refractivity (Wildman–Crippen MR) is 77.1 cm³/mol. The highest BCUT2D eigenvalue weighted by molar-refractivity contribution is 7.08. The fourth-order valence-electron chi connectivity index (χ4n) is 1.68. The Kier molecular flexibility index (Phi) is 3.44. The number of carbonyl (C=O) groups excluding carboxylic acids is 1. The average molecular weight is 301 g/mol. The maximum absolute atomic E-state index is 12.0. The summed E-state index contributed by atoms with van der Waals surface area (Å²) in [5.41, 5.74) is 2.50. The van der Waals surface area contributed by atoms with Crippen LogP contribution in [0.3, 0.4) is 0 Å². The Bertz CT molecular complexity index is 778. The van der Waals surface area contributed by atoms with Crippen LogP contribution >= 0.6 is 11.5 Å². The molecule has 0 aliphatic heterocycles. The van der Waals surface area contributed by atoms with E-state index in [2.05, 4.69) is 25.1 Å². The molecule has 106 valence electrons. The number of aryl methyl sites for hydroxylation is 2. The van der Waals surface area contributed by atoms with Gasteiger partial charge in [-0.25, -0.2) is 0 Å². The highest BCUT2D eigenvalue weighted by Gasteiger charge is 2.16. The minimum Gasteiger partial charge on any atom is -0.403 e. The average Bonchev–Trinajstić information content (AvgIpc) is 3.09. The minimum absolute atomic E-state index is 0.0448. The third-order valence-corrected chi connectivity index (χ3v) is 3.63. The Balaban J connectivity index is 1.78. The van der Waals surface area contributed by atoms with E-state index in [9.17, 15) is 4.79 Å². The van der Waals surface area contributed by atoms with Gasteiger partial charge in [-0.05, 0) is 37.5 Å². The monoisotopic (exact) mass is 301 g/mol. The van der Waals surface area contributed by atoms with Crippen LogP contribution in [0.25, 0.3) is 11.5 Å². The third kappa shape index (κ3) is 2.79. The maximum Gasteiger partial charge on any atom is 0.322 e. The van der Waals surface area contributed by atoms with Crippen LogP contribution in [0, 0.1) is 13.8 Å². The second-order valence-electron chi connectivity index (χ2n) is 4.42. The quantitative estimate of drug-likeness (QED) is 0.798. The molecule has 0 saturated carbocycles. The number of hydrogen-bond acceptors (Lipinski definition) is 7. The van der Waals surface area contributed by atoms with E-state index >= 15 is 0 Å². The molecule has 0 aliphatic carbocycles. The zero-order chi connectivity index (χ0) is 14.8. The van der Waals surface area contributed by atoms with Crippen LogP contribution < -0.4 is 5.32 Å². The number of amides is 1. The van der Waals surface area contributed by atoms with Crippen molar-refractivity contribution in [1.82, 2.24) is 19.8 Å². The molecule has 0 spiro atoms. The van der Waals surface area contributed by atoms with Crippen molar-refractivity contribution in [3.63, 3.8) is 0 Å². The van der Waals surface area contributed by atoms with Gasteiger partial charge in [0, 0.05) is 5.56 Å². The summed E-state index contributed by atoms with van der Waals surface area (Å²) >= 11 is 1.02. The molecule has 3 aromatic rings. The first-order valence-corrected chi connectivity index (χ1v) is 6.91. The van der Waals surface area contributed by atoms with Gasteiger partial charge in [-0.15, -0.1) is 10.2 Å². The Morgan fingerprint density at radius 3 is 2.57 bits per heavy atom. The van der Waals surface area contributed by atoms with Gasteiger partial charge in [0.2, 0.25) is 5.89 Å². The van der Waals surface area contributed by atoms with Crippen molar-refractivity contribution in [2.45, 2.75) is 13.8 Å². The van der Waals surface area contributed by atoms with E-state index in [1.54, 1.807) is 6.92 Å². The highest BCUT2D eigenvalue weighted by Crippen LogP contribution is 2.21. The summed E-state index contributed by atoms with van der Waals surface area (Å²) in [5, 5.41) is 14.0. The molecule has 21 heavy (non-hydrogen) atoms. The lowest BCUT2D eigenvalue weighted by Gasteiger charge is -1.97. The SMILES string of the molecule is Cc1ccc(-c2nnc(NC(=O)c3snnc3C)o2)cc1. The lowest BCUT2D eigenvalue weighted by Crippen LogP contribution is -2.11. The van der Waals surface area contributed by atoms with Gasteiger partial charge in [-0.3, -0.25) is 10.1 Å². The van der Waals surface area contributed by atoms with E-state index < -0.39 is 0 Å². The summed E-state index contributed by atoms with van der Waals surface area (Å²) in [7, 11) is 0. The Labute approximate surface area is 124 Å². The van der Waals surface area contributed by atoms with Crippen molar-refractivity contribution < 1.29 is 9.21 Å². The number of hydrogen-bond donors (Lipinski definition) is 1. The van der Waals surface area contributed by atoms with Gasteiger partial charge in [-0.2, -0.15) is 0 Å². The Hall–Kier alpha value is -2.61. The van der Waals surface area contributed by atoms with Gasteiger partial charge >= 0.3 is 6.01 Å². The maximum atomic E-state index is 12.0. The molecular weight excluding hydrogens is 290 g/mol. The molecule has 8 heteroatoms. The first-order chi connectivity index (χ1) is 10.1. The van der Waals surface area contributed by atoms with Crippen molar-refractivity contribution in [3.05, 3.63) is 40.4 Å². The van der Waals surface area contributed by atoms with Crippen molar-refractivity contribution >= 4 is 23.5 Å². The van der Waals surface area contributed by atoms with Crippen molar-refractivity contribution in [1.29, 1.82) is 0 Å². The summed E-state index contributed by atoms with van der Waals surface area (Å²) in [6.45, 7) is 3.71. The minimum atomic E-state index is -0.360. The van der Waals surface area contributed by atoms with Gasteiger partial charge in [0.15, 0.2) is 0 Å². The normalized spacial score (nSPS) is 10.6. The van der Waals surface area contributed by atoms with Gasteiger partial charge in [0.25, 0.3) is 5.91 Å². The number of anilines is 1. The van der Waals surface area contributed by atoms with Crippen molar-refractivity contribution in [3.8, 4) is 11.5 Å². The molecule has 2 aromatic heterocycles. The van der Waals surface area contributed by atoms with Gasteiger partial charge in [0.1, 0.15) is 4.88 Å². The van der Waals surface area contributed by atoms with Crippen LogP contribution in [0.2, 0.25) is 0 Å². The number of nitrogens with zero attached hydrogens (tertiary/aromatic N) is 4. The number of rotatable bonds is 3. The van der Waals surface area contributed by atoms with Crippen molar-refractivity contribution in [2.75, 3.05) is 5.32 Å². The van der Waals surface area contributed by atoms with Crippen LogP contribution in [0.4, 0.5) is 6.01 Å². The van der Waals surface area contributed by atoms with E-state index in [-0.39, 0.29) is 11.9 Å². The predicted octanol–water partition coefficient (Wildman–Crippen LogP) is 2.46. The Morgan fingerprint density at radius 2 is 1.90 bits per heavy atom. The second-order valence-corrected chi connectivity index (χ2v) is 5.17. The summed E-state index contributed by atoms with van der Waals surface area (Å²) in [6, 6.07) is 7.70. The van der Waals surface area contributed by atoms with Crippen LogP contribution in [0.5, 0.6) is 0 Å². The van der Waals surface area contributed by atoms with Crippen molar-refractivity contribution in [2.24, 2.45) is 0 Å². The molecule has 0 unspecified atom stereocenters. The Morgan fingerprint density at radius 1 is 1.14 bits per heavy atom. The van der Waals surface area contributed by atoms with E-state index in [4.69, 9.17) is 4.42 Å². The summed E-state index contributed by atoms with van der Waals surface area (Å²) in [4.78, 5) is 12.4. The van der Waals surface area contributed by atoms with Crippen LogP contribution in [0.15, 0.2) is 28.7 Å². The van der Waals surface area contributed by atoms with E-state index in [1.807, 2.05) is 31.2 Å². The first kappa shape index (κ1) is 13.4. The number of carbonyl (C=O) groups is 1. The molecule has 0 atom stereocenters. The molecule has 0 saturated heterocycles. The molecular formula is C13H11N5O2S.